The molecule has 0 spiro atoms. The summed E-state index contributed by atoms with van der Waals surface area (Å²) in [6, 6.07) is 13.5. The maximum Gasteiger partial charge on any atom is -1.00 e. The van der Waals surface area contributed by atoms with Crippen molar-refractivity contribution in [1.82, 2.24) is 0 Å². The van der Waals surface area contributed by atoms with Gasteiger partial charge in [-0.1, -0.05) is 0 Å². The monoisotopic (exact) mass is 524 g/mol. The van der Waals surface area contributed by atoms with Crippen LogP contribution in [-0.2, 0) is 29.7 Å². The normalized spacial score (nSPS) is 13.6. The smallest absolute Gasteiger partial charge is 1.00 e. The molecule has 124 valence electrons. The Morgan fingerprint density at radius 3 is 2.64 bits per heavy atom. The van der Waals surface area contributed by atoms with Crippen LogP contribution in [0.25, 0.3) is 20.5 Å². The first kappa shape index (κ1) is 19.6. The summed E-state index contributed by atoms with van der Waals surface area (Å²) in [6.45, 7) is 0. The zero-order valence-corrected chi connectivity index (χ0v) is 19.5. The van der Waals surface area contributed by atoms with E-state index in [4.69, 9.17) is 0 Å². The molecule has 2 aromatic carbocycles. The van der Waals surface area contributed by atoms with Crippen molar-refractivity contribution in [2.45, 2.75) is 12.8 Å². The Morgan fingerprint density at radius 2 is 1.84 bits per heavy atom. The molecule has 3 aromatic rings. The van der Waals surface area contributed by atoms with Crippen LogP contribution in [0.4, 0.5) is 0 Å². The van der Waals surface area contributed by atoms with Gasteiger partial charge in [-0.25, -0.2) is 0 Å². The van der Waals surface area contributed by atoms with Crippen molar-refractivity contribution >= 4 is 40.6 Å². The van der Waals surface area contributed by atoms with Gasteiger partial charge in [0.1, 0.15) is 0 Å². The number of allylic oxidation sites excluding steroid dienone is 4. The summed E-state index contributed by atoms with van der Waals surface area (Å²) >= 11 is 5.11. The predicted octanol–water partition coefficient (Wildman–Crippen LogP) is -0.205. The molecule has 0 aliphatic heterocycles. The van der Waals surface area contributed by atoms with Gasteiger partial charge in [-0.2, -0.15) is 0 Å². The topological polar surface area (TPSA) is 0 Å². The quantitative estimate of drug-likeness (QED) is 0.339. The van der Waals surface area contributed by atoms with E-state index in [9.17, 15) is 0 Å². The molecule has 0 amide bonds. The molecule has 0 unspecified atom stereocenters. The van der Waals surface area contributed by atoms with Gasteiger partial charge in [0.15, 0.2) is 0 Å². The molecular formula is C20H13BrCl2SZr. The number of benzene rings is 2. The van der Waals surface area contributed by atoms with Gasteiger partial charge in [-0.05, 0) is 0 Å². The minimum absolute atomic E-state index is 0. The number of rotatable bonds is 2. The Hall–Kier alpha value is -0.177. The van der Waals surface area contributed by atoms with Crippen molar-refractivity contribution in [1.29, 1.82) is 0 Å². The molecular weight excluding hydrogens is 514 g/mol. The number of halogens is 3. The molecule has 2 aliphatic carbocycles. The summed E-state index contributed by atoms with van der Waals surface area (Å²) in [5, 5.41) is 1.46. The average molecular weight is 527 g/mol. The molecule has 25 heavy (non-hydrogen) atoms. The summed E-state index contributed by atoms with van der Waals surface area (Å²) < 4.78 is 6.08. The molecule has 0 bridgehead atoms. The van der Waals surface area contributed by atoms with Crippen LogP contribution >= 0.6 is 27.3 Å². The second-order valence-electron chi connectivity index (χ2n) is 5.98. The molecule has 0 saturated heterocycles. The van der Waals surface area contributed by atoms with Gasteiger partial charge in [0.25, 0.3) is 0 Å². The maximum absolute atomic E-state index is 3.84. The third-order valence-corrected chi connectivity index (χ3v) is 11.1. The minimum atomic E-state index is -0.695. The first-order valence-electron chi connectivity index (χ1n) is 7.76. The largest absolute Gasteiger partial charge is 1.00 e. The van der Waals surface area contributed by atoms with E-state index in [1.54, 1.807) is 17.7 Å². The van der Waals surface area contributed by atoms with E-state index in [1.165, 1.54) is 31.4 Å². The molecule has 0 atom stereocenters. The average Bonchev–Trinajstić information content (AvgIpc) is 3.25. The van der Waals surface area contributed by atoms with Crippen LogP contribution in [0.3, 0.4) is 0 Å². The molecule has 0 fully saturated rings. The number of fused-ring (bicyclic) bond motifs is 5. The third-order valence-electron chi connectivity index (χ3n) is 4.62. The second-order valence-corrected chi connectivity index (χ2v) is 11.3. The predicted molar refractivity (Wildman–Crippen MR) is 99.2 cm³/mol. The van der Waals surface area contributed by atoms with Crippen LogP contribution in [0.2, 0.25) is 0 Å². The Labute approximate surface area is 183 Å². The fourth-order valence-corrected chi connectivity index (χ4v) is 8.94. The van der Waals surface area contributed by atoms with Crippen molar-refractivity contribution < 1.29 is 48.0 Å². The van der Waals surface area contributed by atoms with Crippen molar-refractivity contribution in [2.75, 3.05) is 0 Å². The van der Waals surface area contributed by atoms with Gasteiger partial charge in [-0.3, -0.25) is 0 Å². The van der Waals surface area contributed by atoms with E-state index < -0.39 is 23.2 Å². The van der Waals surface area contributed by atoms with Crippen LogP contribution in [0.15, 0.2) is 62.4 Å². The Morgan fingerprint density at radius 1 is 1.00 bits per heavy atom. The Balaban J connectivity index is 0.000000911. The standard InChI is InChI=1S/C15H8BrS.C5H5.2ClH.Zr/c16-10-5-6-11-9(7-10)8-13-12-3-1-2-4-14(12)17-15(11)13;1-2-4-5-3-1;;;/h1-6H,8H2;1-3H,4H2;2*1H;/q;;;;+2/p-2. The second kappa shape index (κ2) is 7.82. The molecule has 2 aliphatic rings. The van der Waals surface area contributed by atoms with Crippen LogP contribution in [0, 0.1) is 0 Å². The number of thiophene rings is 1. The fourth-order valence-electron chi connectivity index (χ4n) is 3.52. The van der Waals surface area contributed by atoms with Gasteiger partial charge < -0.3 is 24.8 Å². The van der Waals surface area contributed by atoms with Crippen molar-refractivity contribution in [3.63, 3.8) is 0 Å². The molecule has 1 aromatic heterocycles. The molecule has 0 radical (unpaired) electrons. The van der Waals surface area contributed by atoms with E-state index in [-0.39, 0.29) is 24.8 Å². The van der Waals surface area contributed by atoms with Gasteiger partial charge >= 0.3 is 161 Å². The van der Waals surface area contributed by atoms with Gasteiger partial charge in [0, 0.05) is 0 Å². The van der Waals surface area contributed by atoms with Gasteiger partial charge in [-0.15, -0.1) is 0 Å². The summed E-state index contributed by atoms with van der Waals surface area (Å²) in [5.74, 6) is 0. The van der Waals surface area contributed by atoms with Crippen LogP contribution in [0.1, 0.15) is 17.5 Å². The van der Waals surface area contributed by atoms with Crippen LogP contribution < -0.4 is 28.1 Å². The van der Waals surface area contributed by atoms with E-state index in [1.807, 2.05) is 11.3 Å². The summed E-state index contributed by atoms with van der Waals surface area (Å²) in [4.78, 5) is 1.51. The van der Waals surface area contributed by atoms with E-state index in [0.29, 0.717) is 0 Å². The molecule has 0 nitrogen and oxygen atoms in total. The third kappa shape index (κ3) is 3.28. The summed E-state index contributed by atoms with van der Waals surface area (Å²) in [5.41, 5.74) is 4.65. The minimum Gasteiger partial charge on any atom is -1.00 e. The Bertz CT molecular complexity index is 1020. The summed E-state index contributed by atoms with van der Waals surface area (Å²) in [7, 11) is 0. The zero-order chi connectivity index (χ0) is 15.4. The van der Waals surface area contributed by atoms with Crippen LogP contribution in [-0.4, -0.2) is 0 Å². The number of hydrogen-bond donors (Lipinski definition) is 0. The maximum atomic E-state index is 3.84. The SMILES string of the molecule is Brc1ccc2c([c]1[Zr+2][C]1=CC=CC1)Cc1c-2sc2ccccc12.[Cl-].[Cl-]. The molecule has 1 heterocycles. The van der Waals surface area contributed by atoms with Gasteiger partial charge in [0.2, 0.25) is 0 Å². The fraction of sp³-hybridized carbons (Fsp3) is 0.100. The first-order chi connectivity index (χ1) is 11.3. The molecule has 0 saturated carbocycles. The van der Waals surface area contributed by atoms with Crippen molar-refractivity contribution in [3.8, 4) is 10.4 Å². The zero-order valence-electron chi connectivity index (χ0n) is 13.2. The van der Waals surface area contributed by atoms with E-state index in [2.05, 4.69) is 70.6 Å². The van der Waals surface area contributed by atoms with Crippen molar-refractivity contribution in [2.24, 2.45) is 0 Å². The van der Waals surface area contributed by atoms with Crippen LogP contribution in [0.5, 0.6) is 0 Å². The van der Waals surface area contributed by atoms with E-state index in [0.717, 1.165) is 6.42 Å². The molecule has 5 rings (SSSR count). The van der Waals surface area contributed by atoms with E-state index >= 15 is 0 Å². The summed E-state index contributed by atoms with van der Waals surface area (Å²) in [6.07, 6.45) is 9.14. The number of hydrogen-bond acceptors (Lipinski definition) is 1. The van der Waals surface area contributed by atoms with Gasteiger partial charge in [0.05, 0.1) is 0 Å². The Kier molecular flexibility index (Phi) is 6.13. The first-order valence-corrected chi connectivity index (χ1v) is 11.8. The molecule has 5 heteroatoms. The molecule has 0 N–H and O–H groups in total. The van der Waals surface area contributed by atoms with Crippen molar-refractivity contribution in [3.05, 3.63) is 73.5 Å².